The third-order valence-corrected chi connectivity index (χ3v) is 5.45. The fraction of sp³-hybridized carbons (Fsp3) is 0.263. The Bertz CT molecular complexity index is 961. The van der Waals surface area contributed by atoms with E-state index in [-0.39, 0.29) is 0 Å². The van der Waals surface area contributed by atoms with Crippen molar-refractivity contribution in [3.8, 4) is 10.4 Å². The molecule has 148 valence electrons. The SMILES string of the molecule is Cc1ncc(-c2cc3ccccc3nc2SCCN(C)C)s1.O=C(O)C(=O)O. The number of benzene rings is 1. The predicted molar refractivity (Wildman–Crippen MR) is 112 cm³/mol. The summed E-state index contributed by atoms with van der Waals surface area (Å²) < 4.78 is 0. The molecule has 0 fully saturated rings. The third-order valence-electron chi connectivity index (χ3n) is 3.54. The predicted octanol–water partition coefficient (Wildman–Crippen LogP) is 3.48. The summed E-state index contributed by atoms with van der Waals surface area (Å²) in [7, 11) is 4.20. The molecule has 0 bridgehead atoms. The molecule has 2 aromatic heterocycles. The van der Waals surface area contributed by atoms with Crippen LogP contribution in [0.15, 0.2) is 41.6 Å². The summed E-state index contributed by atoms with van der Waals surface area (Å²) in [6.07, 6.45) is 1.96. The van der Waals surface area contributed by atoms with Crippen molar-refractivity contribution in [3.05, 3.63) is 41.5 Å². The van der Waals surface area contributed by atoms with E-state index in [2.05, 4.69) is 48.2 Å². The second kappa shape index (κ2) is 10.2. The van der Waals surface area contributed by atoms with E-state index >= 15 is 0 Å². The molecule has 0 aliphatic rings. The maximum Gasteiger partial charge on any atom is 0.414 e. The van der Waals surface area contributed by atoms with Gasteiger partial charge >= 0.3 is 11.9 Å². The van der Waals surface area contributed by atoms with Crippen molar-refractivity contribution >= 4 is 45.9 Å². The van der Waals surface area contributed by atoms with Crippen molar-refractivity contribution in [2.45, 2.75) is 11.9 Å². The fourth-order valence-corrected chi connectivity index (χ4v) is 4.19. The highest BCUT2D eigenvalue weighted by atomic mass is 32.2. The zero-order chi connectivity index (χ0) is 20.7. The topological polar surface area (TPSA) is 104 Å². The van der Waals surface area contributed by atoms with E-state index in [1.807, 2.05) is 30.9 Å². The fourth-order valence-electron chi connectivity index (χ4n) is 2.20. The number of thioether (sulfide) groups is 1. The lowest BCUT2D eigenvalue weighted by Gasteiger charge is -2.11. The number of thiazole rings is 1. The van der Waals surface area contributed by atoms with Crippen LogP contribution < -0.4 is 0 Å². The van der Waals surface area contributed by atoms with Crippen LogP contribution in [-0.2, 0) is 9.59 Å². The zero-order valence-electron chi connectivity index (χ0n) is 15.7. The molecule has 0 saturated carbocycles. The summed E-state index contributed by atoms with van der Waals surface area (Å²) in [5, 5.41) is 18.2. The first-order valence-electron chi connectivity index (χ1n) is 8.34. The molecule has 7 nitrogen and oxygen atoms in total. The van der Waals surface area contributed by atoms with Crippen LogP contribution in [0.5, 0.6) is 0 Å². The lowest BCUT2D eigenvalue weighted by Crippen LogP contribution is -2.14. The Morgan fingerprint density at radius 3 is 2.43 bits per heavy atom. The van der Waals surface area contributed by atoms with Gasteiger partial charge in [-0.15, -0.1) is 23.1 Å². The standard InChI is InChI=1S/C17H19N3S2.C2H2O4/c1-12-18-11-16(22-12)14-10-13-6-4-5-7-15(13)19-17(14)21-9-8-20(2)3;3-1(4)2(5)6/h4-7,10-11H,8-9H2,1-3H3;(H,3,4)(H,5,6). The number of aliphatic carboxylic acids is 2. The number of hydrogen-bond donors (Lipinski definition) is 2. The van der Waals surface area contributed by atoms with Crippen LogP contribution in [0.1, 0.15) is 5.01 Å². The maximum atomic E-state index is 9.10. The molecular weight excluding hydrogens is 398 g/mol. The first kappa shape index (κ1) is 21.8. The molecular formula is C19H21N3O4S2. The highest BCUT2D eigenvalue weighted by Gasteiger charge is 2.12. The molecule has 1 aromatic carbocycles. The lowest BCUT2D eigenvalue weighted by atomic mass is 10.1. The summed E-state index contributed by atoms with van der Waals surface area (Å²) in [6.45, 7) is 3.09. The Morgan fingerprint density at radius 2 is 1.86 bits per heavy atom. The summed E-state index contributed by atoms with van der Waals surface area (Å²) in [6, 6.07) is 10.5. The molecule has 0 aliphatic heterocycles. The van der Waals surface area contributed by atoms with Crippen LogP contribution >= 0.6 is 23.1 Å². The highest BCUT2D eigenvalue weighted by Crippen LogP contribution is 2.35. The van der Waals surface area contributed by atoms with Crippen LogP contribution in [0.3, 0.4) is 0 Å². The summed E-state index contributed by atoms with van der Waals surface area (Å²) in [5.74, 6) is -2.62. The Hall–Kier alpha value is -2.49. The van der Waals surface area contributed by atoms with E-state index in [4.69, 9.17) is 24.8 Å². The van der Waals surface area contributed by atoms with Gasteiger partial charge in [-0.1, -0.05) is 18.2 Å². The summed E-state index contributed by atoms with van der Waals surface area (Å²) in [5.41, 5.74) is 2.26. The van der Waals surface area contributed by atoms with Gasteiger partial charge in [0, 0.05) is 29.4 Å². The van der Waals surface area contributed by atoms with Crippen LogP contribution in [-0.4, -0.2) is 63.4 Å². The van der Waals surface area contributed by atoms with Gasteiger partial charge in [-0.05, 0) is 33.2 Å². The first-order valence-corrected chi connectivity index (χ1v) is 10.1. The Labute approximate surface area is 171 Å². The van der Waals surface area contributed by atoms with Crippen molar-refractivity contribution in [3.63, 3.8) is 0 Å². The minimum Gasteiger partial charge on any atom is -0.473 e. The molecule has 0 radical (unpaired) electrons. The van der Waals surface area contributed by atoms with E-state index < -0.39 is 11.9 Å². The molecule has 2 heterocycles. The first-order chi connectivity index (χ1) is 13.3. The van der Waals surface area contributed by atoms with Crippen molar-refractivity contribution in [1.82, 2.24) is 14.9 Å². The van der Waals surface area contributed by atoms with Crippen molar-refractivity contribution in [1.29, 1.82) is 0 Å². The Kier molecular flexibility index (Phi) is 7.91. The van der Waals surface area contributed by atoms with Gasteiger partial charge in [0.05, 0.1) is 15.4 Å². The molecule has 28 heavy (non-hydrogen) atoms. The van der Waals surface area contributed by atoms with Crippen LogP contribution in [0.25, 0.3) is 21.3 Å². The van der Waals surface area contributed by atoms with Gasteiger partial charge in [-0.3, -0.25) is 0 Å². The number of nitrogens with zero attached hydrogens (tertiary/aromatic N) is 3. The largest absolute Gasteiger partial charge is 0.473 e. The number of para-hydroxylation sites is 1. The van der Waals surface area contributed by atoms with Crippen molar-refractivity contribution < 1.29 is 19.8 Å². The van der Waals surface area contributed by atoms with E-state index in [1.165, 1.54) is 15.8 Å². The number of aryl methyl sites for hydroxylation is 1. The smallest absolute Gasteiger partial charge is 0.414 e. The second-order valence-electron chi connectivity index (χ2n) is 6.04. The van der Waals surface area contributed by atoms with Gasteiger partial charge in [0.25, 0.3) is 0 Å². The zero-order valence-corrected chi connectivity index (χ0v) is 17.4. The molecule has 0 atom stereocenters. The van der Waals surface area contributed by atoms with E-state index in [0.717, 1.165) is 27.8 Å². The van der Waals surface area contributed by atoms with E-state index in [9.17, 15) is 0 Å². The number of fused-ring (bicyclic) bond motifs is 1. The molecule has 9 heteroatoms. The number of carbonyl (C=O) groups is 2. The molecule has 0 saturated heterocycles. The Balaban J connectivity index is 0.000000409. The second-order valence-corrected chi connectivity index (χ2v) is 8.36. The van der Waals surface area contributed by atoms with Gasteiger partial charge in [0.2, 0.25) is 0 Å². The average Bonchev–Trinajstić information content (AvgIpc) is 3.07. The van der Waals surface area contributed by atoms with Crippen LogP contribution in [0.4, 0.5) is 0 Å². The minimum atomic E-state index is -1.82. The molecule has 2 N–H and O–H groups in total. The quantitative estimate of drug-likeness (QED) is 0.479. The molecule has 0 aliphatic carbocycles. The minimum absolute atomic E-state index is 1.03. The number of carboxylic acid groups (broad SMARTS) is 2. The average molecular weight is 420 g/mol. The number of aromatic nitrogens is 2. The van der Waals surface area contributed by atoms with Gasteiger partial charge in [0.1, 0.15) is 5.03 Å². The van der Waals surface area contributed by atoms with Crippen LogP contribution in [0, 0.1) is 6.92 Å². The normalized spacial score (nSPS) is 10.6. The number of carboxylic acids is 2. The summed E-state index contributed by atoms with van der Waals surface area (Å²) in [4.78, 5) is 30.9. The number of hydrogen-bond acceptors (Lipinski definition) is 7. The number of rotatable bonds is 5. The highest BCUT2D eigenvalue weighted by molar-refractivity contribution is 7.99. The molecule has 3 rings (SSSR count). The van der Waals surface area contributed by atoms with E-state index in [1.54, 1.807) is 11.3 Å². The van der Waals surface area contributed by atoms with Gasteiger partial charge in [-0.25, -0.2) is 19.6 Å². The van der Waals surface area contributed by atoms with Gasteiger partial charge < -0.3 is 15.1 Å². The van der Waals surface area contributed by atoms with Gasteiger partial charge in [-0.2, -0.15) is 0 Å². The summed E-state index contributed by atoms with van der Waals surface area (Å²) >= 11 is 3.55. The molecule has 0 unspecified atom stereocenters. The lowest BCUT2D eigenvalue weighted by molar-refractivity contribution is -0.159. The maximum absolute atomic E-state index is 9.10. The van der Waals surface area contributed by atoms with Crippen molar-refractivity contribution in [2.24, 2.45) is 0 Å². The van der Waals surface area contributed by atoms with E-state index in [0.29, 0.717) is 0 Å². The van der Waals surface area contributed by atoms with Gasteiger partial charge in [0.15, 0.2) is 0 Å². The third kappa shape index (κ3) is 6.29. The van der Waals surface area contributed by atoms with Crippen molar-refractivity contribution in [2.75, 3.05) is 26.4 Å². The molecule has 3 aromatic rings. The molecule has 0 spiro atoms. The Morgan fingerprint density at radius 1 is 1.18 bits per heavy atom. The monoisotopic (exact) mass is 419 g/mol. The van der Waals surface area contributed by atoms with Crippen LogP contribution in [0.2, 0.25) is 0 Å². The molecule has 0 amide bonds. The number of pyridine rings is 1.